The van der Waals surface area contributed by atoms with E-state index in [0.717, 1.165) is 6.07 Å². The van der Waals surface area contributed by atoms with Crippen molar-refractivity contribution < 1.29 is 27.8 Å². The zero-order chi connectivity index (χ0) is 25.9. The van der Waals surface area contributed by atoms with Crippen molar-refractivity contribution in [2.45, 2.75) is 46.3 Å². The third-order valence-corrected chi connectivity index (χ3v) is 5.21. The van der Waals surface area contributed by atoms with Crippen LogP contribution in [0.4, 0.5) is 13.6 Å². The number of hydrogen-bond donors (Lipinski definition) is 1. The first-order valence-corrected chi connectivity index (χ1v) is 11.2. The molecule has 3 aromatic rings. The Morgan fingerprint density at radius 2 is 1.91 bits per heavy atom. The number of nitrogens with one attached hydrogen (secondary N) is 1. The summed E-state index contributed by atoms with van der Waals surface area (Å²) in [4.78, 5) is 29.7. The largest absolute Gasteiger partial charge is 0.478 e. The summed E-state index contributed by atoms with van der Waals surface area (Å²) in [6.07, 6.45) is 1.92. The highest BCUT2D eigenvalue weighted by molar-refractivity contribution is 6.17. The molecular weight excluding hydrogens is 454 g/mol. The molecule has 1 N–H and O–H groups in total. The Labute approximate surface area is 203 Å². The monoisotopic (exact) mass is 482 g/mol. The standard InChI is InChI=1S/C27H28F2N2O4/c1-7-16-20(15(3)31-26(33)35-27(4,5)6)14-21(28)22(23(16)29)24(32)18-10-9-11-19-17(18)12-13-30-25(19)34-8-2/h7,9-15H,1,8H2,2-6H3,(H,31,33). The van der Waals surface area contributed by atoms with Crippen LogP contribution in [0.3, 0.4) is 0 Å². The van der Waals surface area contributed by atoms with E-state index in [9.17, 15) is 9.59 Å². The molecule has 6 nitrogen and oxygen atoms in total. The van der Waals surface area contributed by atoms with Gasteiger partial charge in [-0.05, 0) is 63.8 Å². The van der Waals surface area contributed by atoms with Crippen molar-refractivity contribution in [3.8, 4) is 5.88 Å². The van der Waals surface area contributed by atoms with Crippen LogP contribution in [0.5, 0.6) is 5.88 Å². The summed E-state index contributed by atoms with van der Waals surface area (Å²) in [6, 6.07) is 6.63. The van der Waals surface area contributed by atoms with Crippen molar-refractivity contribution in [1.82, 2.24) is 10.3 Å². The van der Waals surface area contributed by atoms with E-state index in [1.165, 1.54) is 18.3 Å². The van der Waals surface area contributed by atoms with Crippen LogP contribution in [0, 0.1) is 11.6 Å². The van der Waals surface area contributed by atoms with Gasteiger partial charge >= 0.3 is 6.09 Å². The van der Waals surface area contributed by atoms with E-state index in [-0.39, 0.29) is 16.7 Å². The summed E-state index contributed by atoms with van der Waals surface area (Å²) >= 11 is 0. The van der Waals surface area contributed by atoms with Crippen molar-refractivity contribution in [1.29, 1.82) is 0 Å². The van der Waals surface area contributed by atoms with Gasteiger partial charge in [0.05, 0.1) is 18.2 Å². The summed E-state index contributed by atoms with van der Waals surface area (Å²) < 4.78 is 41.6. The van der Waals surface area contributed by atoms with Crippen molar-refractivity contribution >= 4 is 28.7 Å². The molecule has 1 atom stereocenters. The lowest BCUT2D eigenvalue weighted by Gasteiger charge is -2.23. The number of ether oxygens (including phenoxy) is 2. The number of carbonyl (C=O) groups is 2. The SMILES string of the molecule is C=Cc1c(C(C)NC(=O)OC(C)(C)C)cc(F)c(C(=O)c2cccc3c(OCC)nccc23)c1F. The average molecular weight is 483 g/mol. The van der Waals surface area contributed by atoms with Gasteiger partial charge < -0.3 is 14.8 Å². The zero-order valence-corrected chi connectivity index (χ0v) is 20.4. The van der Waals surface area contributed by atoms with E-state index in [1.54, 1.807) is 52.8 Å². The lowest BCUT2D eigenvalue weighted by molar-refractivity contribution is 0.0507. The number of pyridine rings is 1. The lowest BCUT2D eigenvalue weighted by atomic mass is 9.92. The molecule has 35 heavy (non-hydrogen) atoms. The van der Waals surface area contributed by atoms with E-state index in [1.807, 2.05) is 0 Å². The maximum atomic E-state index is 15.6. The molecule has 1 heterocycles. The predicted molar refractivity (Wildman–Crippen MR) is 131 cm³/mol. The van der Waals surface area contributed by atoms with Gasteiger partial charge in [-0.2, -0.15) is 0 Å². The minimum Gasteiger partial charge on any atom is -0.478 e. The second-order valence-electron chi connectivity index (χ2n) is 8.90. The van der Waals surface area contributed by atoms with Crippen molar-refractivity contribution in [2.75, 3.05) is 6.61 Å². The van der Waals surface area contributed by atoms with Crippen molar-refractivity contribution in [2.24, 2.45) is 0 Å². The number of hydrogen-bond acceptors (Lipinski definition) is 5. The number of aromatic nitrogens is 1. The molecule has 1 amide bonds. The van der Waals surface area contributed by atoms with E-state index in [0.29, 0.717) is 23.3 Å². The molecule has 0 saturated carbocycles. The van der Waals surface area contributed by atoms with Crippen LogP contribution >= 0.6 is 0 Å². The smallest absolute Gasteiger partial charge is 0.408 e. The van der Waals surface area contributed by atoms with E-state index in [2.05, 4.69) is 16.9 Å². The number of rotatable bonds is 7. The fraction of sp³-hybridized carbons (Fsp3) is 0.296. The highest BCUT2D eigenvalue weighted by atomic mass is 19.1. The van der Waals surface area contributed by atoms with E-state index in [4.69, 9.17) is 9.47 Å². The predicted octanol–water partition coefficient (Wildman–Crippen LogP) is 6.37. The molecule has 2 aromatic carbocycles. The van der Waals surface area contributed by atoms with Gasteiger partial charge in [0.15, 0.2) is 5.78 Å². The molecule has 1 unspecified atom stereocenters. The van der Waals surface area contributed by atoms with Gasteiger partial charge in [-0.3, -0.25) is 4.79 Å². The highest BCUT2D eigenvalue weighted by Gasteiger charge is 2.28. The molecule has 3 rings (SSSR count). The zero-order valence-electron chi connectivity index (χ0n) is 20.4. The normalized spacial score (nSPS) is 12.2. The van der Waals surface area contributed by atoms with Crippen LogP contribution in [0.2, 0.25) is 0 Å². The number of carbonyl (C=O) groups excluding carboxylic acids is 2. The molecule has 1 aromatic heterocycles. The second kappa shape index (κ2) is 10.2. The molecule has 0 aliphatic carbocycles. The molecule has 184 valence electrons. The topological polar surface area (TPSA) is 77.5 Å². The van der Waals surface area contributed by atoms with Gasteiger partial charge in [-0.1, -0.05) is 24.8 Å². The first-order chi connectivity index (χ1) is 16.5. The fourth-order valence-electron chi connectivity index (χ4n) is 3.75. The van der Waals surface area contributed by atoms with Gasteiger partial charge in [0.25, 0.3) is 0 Å². The molecule has 0 aliphatic rings. The van der Waals surface area contributed by atoms with Gasteiger partial charge in [-0.15, -0.1) is 0 Å². The molecular formula is C27H28F2N2O4. The Hall–Kier alpha value is -3.81. The number of halogens is 2. The number of benzene rings is 2. The Morgan fingerprint density at radius 1 is 1.20 bits per heavy atom. The molecule has 0 bridgehead atoms. The summed E-state index contributed by atoms with van der Waals surface area (Å²) in [5.41, 5.74) is -1.32. The first kappa shape index (κ1) is 25.8. The fourth-order valence-corrected chi connectivity index (χ4v) is 3.75. The van der Waals surface area contributed by atoms with E-state index < -0.39 is 40.7 Å². The Morgan fingerprint density at radius 3 is 2.54 bits per heavy atom. The Bertz CT molecular complexity index is 1300. The maximum absolute atomic E-state index is 15.6. The highest BCUT2D eigenvalue weighted by Crippen LogP contribution is 2.32. The third kappa shape index (κ3) is 5.48. The number of fused-ring (bicyclic) bond motifs is 1. The Kier molecular flexibility index (Phi) is 7.53. The summed E-state index contributed by atoms with van der Waals surface area (Å²) in [5.74, 6) is -2.62. The van der Waals surface area contributed by atoms with Crippen LogP contribution in [-0.2, 0) is 4.74 Å². The summed E-state index contributed by atoms with van der Waals surface area (Å²) in [7, 11) is 0. The summed E-state index contributed by atoms with van der Waals surface area (Å²) in [5, 5.41) is 3.57. The molecule has 0 spiro atoms. The lowest BCUT2D eigenvalue weighted by Crippen LogP contribution is -2.34. The van der Waals surface area contributed by atoms with Crippen LogP contribution in [0.1, 0.15) is 67.7 Å². The van der Waals surface area contributed by atoms with Crippen LogP contribution in [0.25, 0.3) is 16.8 Å². The summed E-state index contributed by atoms with van der Waals surface area (Å²) in [6.45, 7) is 12.4. The van der Waals surface area contributed by atoms with Crippen LogP contribution in [0.15, 0.2) is 43.1 Å². The number of ketones is 1. The Balaban J connectivity index is 2.06. The number of nitrogens with zero attached hydrogens (tertiary/aromatic N) is 1. The molecule has 8 heteroatoms. The number of alkyl carbamates (subject to hydrolysis) is 1. The quantitative estimate of drug-likeness (QED) is 0.396. The molecule has 0 aliphatic heterocycles. The van der Waals surface area contributed by atoms with Crippen LogP contribution in [-0.4, -0.2) is 29.1 Å². The number of amides is 1. The minimum absolute atomic E-state index is 0.0878. The van der Waals surface area contributed by atoms with E-state index >= 15 is 8.78 Å². The van der Waals surface area contributed by atoms with Gasteiger partial charge in [-0.25, -0.2) is 18.6 Å². The molecule has 0 saturated heterocycles. The average Bonchev–Trinajstić information content (AvgIpc) is 2.77. The minimum atomic E-state index is -1.06. The van der Waals surface area contributed by atoms with Crippen LogP contribution < -0.4 is 10.1 Å². The maximum Gasteiger partial charge on any atom is 0.408 e. The van der Waals surface area contributed by atoms with Gasteiger partial charge in [0, 0.05) is 22.7 Å². The third-order valence-electron chi connectivity index (χ3n) is 5.21. The van der Waals surface area contributed by atoms with Crippen molar-refractivity contribution in [3.63, 3.8) is 0 Å². The first-order valence-electron chi connectivity index (χ1n) is 11.2. The second-order valence-corrected chi connectivity index (χ2v) is 8.90. The van der Waals surface area contributed by atoms with Gasteiger partial charge in [0.1, 0.15) is 17.2 Å². The van der Waals surface area contributed by atoms with Crippen molar-refractivity contribution in [3.05, 3.63) is 77.0 Å². The van der Waals surface area contributed by atoms with Gasteiger partial charge in [0.2, 0.25) is 5.88 Å². The molecule has 0 radical (unpaired) electrons. The molecule has 0 fully saturated rings.